The maximum atomic E-state index is 12.2. The predicted octanol–water partition coefficient (Wildman–Crippen LogP) is 2.43. The molecule has 9 heteroatoms. The first-order valence-corrected chi connectivity index (χ1v) is 6.69. The minimum atomic E-state index is -3.04. The van der Waals surface area contributed by atoms with Crippen LogP contribution in [0.5, 0.6) is 5.88 Å². The number of nitrogens with one attached hydrogen (secondary N) is 1. The van der Waals surface area contributed by atoms with Crippen LogP contribution < -0.4 is 10.1 Å². The number of aryl methyl sites for hydroxylation is 1. The van der Waals surface area contributed by atoms with Crippen LogP contribution in [0.2, 0.25) is 0 Å². The topological polar surface area (TPSA) is 90.4 Å². The van der Waals surface area contributed by atoms with E-state index >= 15 is 0 Å². The monoisotopic (exact) mass is 337 g/mol. The maximum absolute atomic E-state index is 12.2. The molecule has 0 saturated carbocycles. The lowest BCUT2D eigenvalue weighted by atomic mass is 10.2. The number of carbonyl (C=O) groups excluding carboxylic acids is 2. The largest absolute Gasteiger partial charge is 0.464 e. The van der Waals surface area contributed by atoms with Crippen LogP contribution in [0, 0.1) is 6.92 Å². The van der Waals surface area contributed by atoms with Crippen LogP contribution in [0.15, 0.2) is 30.5 Å². The SMILES string of the molecule is COC(=O)c1nc(NC(=O)c2ccnc(OC(F)F)c2)ccc1C. The molecule has 0 aliphatic carbocycles. The highest BCUT2D eigenvalue weighted by Crippen LogP contribution is 2.15. The minimum absolute atomic E-state index is 0.0441. The van der Waals surface area contributed by atoms with Crippen molar-refractivity contribution < 1.29 is 27.8 Å². The first-order valence-electron chi connectivity index (χ1n) is 6.69. The van der Waals surface area contributed by atoms with Gasteiger partial charge in [-0.2, -0.15) is 8.78 Å². The fraction of sp³-hybridized carbons (Fsp3) is 0.200. The zero-order valence-electron chi connectivity index (χ0n) is 12.7. The van der Waals surface area contributed by atoms with Crippen molar-refractivity contribution in [2.75, 3.05) is 12.4 Å². The number of amides is 1. The molecule has 0 fully saturated rings. The van der Waals surface area contributed by atoms with Crippen LogP contribution in [0.4, 0.5) is 14.6 Å². The van der Waals surface area contributed by atoms with Crippen molar-refractivity contribution in [3.05, 3.63) is 47.3 Å². The number of esters is 1. The quantitative estimate of drug-likeness (QED) is 0.843. The summed E-state index contributed by atoms with van der Waals surface area (Å²) in [7, 11) is 1.22. The standard InChI is InChI=1S/C15H13F2N3O4/c1-8-3-4-10(19-12(8)14(22)23-2)20-13(21)9-5-6-18-11(7-9)24-15(16)17/h3-7,15H,1-2H3,(H,19,20,21). The number of ether oxygens (including phenoxy) is 2. The van der Waals surface area contributed by atoms with Crippen molar-refractivity contribution >= 4 is 17.7 Å². The summed E-state index contributed by atoms with van der Waals surface area (Å²) in [6.45, 7) is -1.38. The average molecular weight is 337 g/mol. The van der Waals surface area contributed by atoms with Gasteiger partial charge in [0, 0.05) is 17.8 Å². The van der Waals surface area contributed by atoms with Gasteiger partial charge in [-0.25, -0.2) is 14.8 Å². The van der Waals surface area contributed by atoms with Gasteiger partial charge in [0.1, 0.15) is 5.82 Å². The summed E-state index contributed by atoms with van der Waals surface area (Å²) in [5.41, 5.74) is 0.686. The molecule has 0 aromatic carbocycles. The van der Waals surface area contributed by atoms with Crippen LogP contribution in [-0.2, 0) is 4.74 Å². The van der Waals surface area contributed by atoms with Crippen LogP contribution >= 0.6 is 0 Å². The molecule has 1 amide bonds. The zero-order valence-corrected chi connectivity index (χ0v) is 12.7. The summed E-state index contributed by atoms with van der Waals surface area (Å²) < 4.78 is 33.1. The van der Waals surface area contributed by atoms with Gasteiger partial charge in [0.2, 0.25) is 5.88 Å². The Morgan fingerprint density at radius 3 is 2.67 bits per heavy atom. The molecular formula is C15H13F2N3O4. The third-order valence-corrected chi connectivity index (χ3v) is 2.92. The fourth-order valence-electron chi connectivity index (χ4n) is 1.80. The normalized spacial score (nSPS) is 10.4. The average Bonchev–Trinajstić information content (AvgIpc) is 2.55. The third-order valence-electron chi connectivity index (χ3n) is 2.92. The van der Waals surface area contributed by atoms with Crippen molar-refractivity contribution in [2.24, 2.45) is 0 Å². The highest BCUT2D eigenvalue weighted by molar-refractivity contribution is 6.04. The van der Waals surface area contributed by atoms with E-state index in [1.165, 1.54) is 19.2 Å². The Labute approximate surface area is 135 Å². The second-order valence-electron chi connectivity index (χ2n) is 4.57. The highest BCUT2D eigenvalue weighted by atomic mass is 19.3. The maximum Gasteiger partial charge on any atom is 0.388 e. The summed E-state index contributed by atoms with van der Waals surface area (Å²) in [6.07, 6.45) is 1.16. The molecule has 1 N–H and O–H groups in total. The molecule has 0 saturated heterocycles. The molecule has 126 valence electrons. The number of carbonyl (C=O) groups is 2. The summed E-state index contributed by atoms with van der Waals surface area (Å²) >= 11 is 0. The van der Waals surface area contributed by atoms with Gasteiger partial charge >= 0.3 is 12.6 Å². The van der Waals surface area contributed by atoms with E-state index in [1.807, 2.05) is 0 Å². The van der Waals surface area contributed by atoms with Gasteiger partial charge < -0.3 is 14.8 Å². The number of rotatable bonds is 5. The molecule has 24 heavy (non-hydrogen) atoms. The van der Waals surface area contributed by atoms with E-state index in [0.29, 0.717) is 5.56 Å². The summed E-state index contributed by atoms with van der Waals surface area (Å²) in [5, 5.41) is 2.46. The molecule has 0 bridgehead atoms. The Morgan fingerprint density at radius 1 is 1.25 bits per heavy atom. The fourth-order valence-corrected chi connectivity index (χ4v) is 1.80. The zero-order chi connectivity index (χ0) is 17.7. The predicted molar refractivity (Wildman–Crippen MR) is 79.1 cm³/mol. The third kappa shape index (κ3) is 4.22. The lowest BCUT2D eigenvalue weighted by Crippen LogP contribution is -2.16. The van der Waals surface area contributed by atoms with Crippen molar-refractivity contribution in [3.8, 4) is 5.88 Å². The second-order valence-corrected chi connectivity index (χ2v) is 4.57. The van der Waals surface area contributed by atoms with Gasteiger partial charge in [-0.3, -0.25) is 4.79 Å². The van der Waals surface area contributed by atoms with E-state index in [0.717, 1.165) is 12.3 Å². The second kappa shape index (κ2) is 7.44. The first-order chi connectivity index (χ1) is 11.4. The van der Waals surface area contributed by atoms with E-state index in [9.17, 15) is 18.4 Å². The van der Waals surface area contributed by atoms with E-state index < -0.39 is 18.5 Å². The Morgan fingerprint density at radius 2 is 2.00 bits per heavy atom. The number of alkyl halides is 2. The summed E-state index contributed by atoms with van der Waals surface area (Å²) in [5.74, 6) is -1.53. The van der Waals surface area contributed by atoms with Crippen molar-refractivity contribution in [3.63, 3.8) is 0 Å². The molecule has 0 aliphatic heterocycles. The van der Waals surface area contributed by atoms with Gasteiger partial charge in [0.25, 0.3) is 5.91 Å². The lowest BCUT2D eigenvalue weighted by Gasteiger charge is -2.09. The highest BCUT2D eigenvalue weighted by Gasteiger charge is 2.15. The molecule has 0 atom stereocenters. The number of halogens is 2. The Hall–Kier alpha value is -3.10. The van der Waals surface area contributed by atoms with E-state index in [1.54, 1.807) is 13.0 Å². The number of aromatic nitrogens is 2. The van der Waals surface area contributed by atoms with Gasteiger partial charge in [0.15, 0.2) is 5.69 Å². The van der Waals surface area contributed by atoms with Crippen LogP contribution in [0.1, 0.15) is 26.4 Å². The summed E-state index contributed by atoms with van der Waals surface area (Å²) in [6, 6.07) is 5.48. The van der Waals surface area contributed by atoms with Crippen molar-refractivity contribution in [1.82, 2.24) is 9.97 Å². The van der Waals surface area contributed by atoms with Gasteiger partial charge in [-0.15, -0.1) is 0 Å². The summed E-state index contributed by atoms with van der Waals surface area (Å²) in [4.78, 5) is 31.3. The number of nitrogens with zero attached hydrogens (tertiary/aromatic N) is 2. The molecule has 2 aromatic rings. The number of hydrogen-bond donors (Lipinski definition) is 1. The van der Waals surface area contributed by atoms with Crippen molar-refractivity contribution in [2.45, 2.75) is 13.5 Å². The molecule has 2 rings (SSSR count). The van der Waals surface area contributed by atoms with E-state index in [4.69, 9.17) is 0 Å². The molecular weight excluding hydrogens is 324 g/mol. The molecule has 0 spiro atoms. The molecule has 2 heterocycles. The van der Waals surface area contributed by atoms with E-state index in [-0.39, 0.29) is 23.0 Å². The van der Waals surface area contributed by atoms with Crippen LogP contribution in [0.3, 0.4) is 0 Å². The molecule has 7 nitrogen and oxygen atoms in total. The molecule has 2 aromatic heterocycles. The van der Waals surface area contributed by atoms with Crippen LogP contribution in [0.25, 0.3) is 0 Å². The Balaban J connectivity index is 2.19. The molecule has 0 radical (unpaired) electrons. The lowest BCUT2D eigenvalue weighted by molar-refractivity contribution is -0.0528. The minimum Gasteiger partial charge on any atom is -0.464 e. The first kappa shape index (κ1) is 17.3. The Bertz CT molecular complexity index is 768. The molecule has 0 unspecified atom stereocenters. The van der Waals surface area contributed by atoms with E-state index in [2.05, 4.69) is 24.8 Å². The number of anilines is 1. The van der Waals surface area contributed by atoms with Gasteiger partial charge in [0.05, 0.1) is 7.11 Å². The van der Waals surface area contributed by atoms with Crippen LogP contribution in [-0.4, -0.2) is 35.6 Å². The number of pyridine rings is 2. The number of hydrogen-bond acceptors (Lipinski definition) is 6. The van der Waals surface area contributed by atoms with Gasteiger partial charge in [-0.1, -0.05) is 6.07 Å². The molecule has 0 aliphatic rings. The Kier molecular flexibility index (Phi) is 5.35. The van der Waals surface area contributed by atoms with Gasteiger partial charge in [-0.05, 0) is 24.6 Å². The number of methoxy groups -OCH3 is 1. The smallest absolute Gasteiger partial charge is 0.388 e. The van der Waals surface area contributed by atoms with Crippen molar-refractivity contribution in [1.29, 1.82) is 0 Å².